The van der Waals surface area contributed by atoms with E-state index in [1.807, 2.05) is 72.5 Å². The topological polar surface area (TPSA) is 56.2 Å². The molecule has 0 aliphatic carbocycles. The van der Waals surface area contributed by atoms with Gasteiger partial charge in [-0.25, -0.2) is 4.98 Å². The van der Waals surface area contributed by atoms with Gasteiger partial charge < -0.3 is 10.1 Å². The van der Waals surface area contributed by atoms with Crippen molar-refractivity contribution in [2.75, 3.05) is 19.4 Å². The predicted molar refractivity (Wildman–Crippen MR) is 104 cm³/mol. The summed E-state index contributed by atoms with van der Waals surface area (Å²) < 4.78 is 7.60. The molecule has 3 rings (SSSR count). The van der Waals surface area contributed by atoms with Crippen LogP contribution in [0.1, 0.15) is 15.9 Å². The molecule has 0 aliphatic rings. The number of carbonyl (C=O) groups excluding carboxylic acids is 1. The first kappa shape index (κ1) is 18.1. The van der Waals surface area contributed by atoms with Gasteiger partial charge in [0.25, 0.3) is 5.91 Å². The van der Waals surface area contributed by atoms with E-state index in [9.17, 15) is 4.79 Å². The third-order valence-corrected chi connectivity index (χ3v) is 4.54. The van der Waals surface area contributed by atoms with Gasteiger partial charge in [0.15, 0.2) is 5.16 Å². The second-order valence-electron chi connectivity index (χ2n) is 5.75. The van der Waals surface area contributed by atoms with Crippen LogP contribution in [0.3, 0.4) is 0 Å². The molecule has 0 bridgehead atoms. The molecule has 134 valence electrons. The summed E-state index contributed by atoms with van der Waals surface area (Å²) in [5, 5.41) is 3.78. The van der Waals surface area contributed by atoms with E-state index in [1.165, 1.54) is 5.56 Å². The number of carbonyl (C=O) groups is 1. The first-order chi connectivity index (χ1) is 12.7. The molecule has 0 fully saturated rings. The van der Waals surface area contributed by atoms with Crippen molar-refractivity contribution < 1.29 is 9.53 Å². The highest BCUT2D eigenvalue weighted by Gasteiger charge is 2.07. The Bertz CT molecular complexity index is 858. The Morgan fingerprint density at radius 2 is 1.88 bits per heavy atom. The number of rotatable bonds is 7. The zero-order chi connectivity index (χ0) is 18.4. The smallest absolute Gasteiger partial charge is 0.251 e. The number of amides is 1. The van der Waals surface area contributed by atoms with Gasteiger partial charge in [-0.05, 0) is 49.6 Å². The quantitative estimate of drug-likeness (QED) is 0.511. The largest absolute Gasteiger partial charge is 0.492 e. The van der Waals surface area contributed by atoms with Gasteiger partial charge in [0.1, 0.15) is 12.4 Å². The van der Waals surface area contributed by atoms with Crippen molar-refractivity contribution in [2.24, 2.45) is 0 Å². The summed E-state index contributed by atoms with van der Waals surface area (Å²) in [7, 11) is 0. The van der Waals surface area contributed by atoms with Crippen LogP contribution in [0.5, 0.6) is 5.75 Å². The maximum Gasteiger partial charge on any atom is 0.251 e. The van der Waals surface area contributed by atoms with Crippen LogP contribution in [0.15, 0.2) is 66.1 Å². The Labute approximate surface area is 157 Å². The maximum atomic E-state index is 12.2. The molecule has 26 heavy (non-hydrogen) atoms. The van der Waals surface area contributed by atoms with E-state index >= 15 is 0 Å². The van der Waals surface area contributed by atoms with E-state index < -0.39 is 0 Å². The Morgan fingerprint density at radius 3 is 2.58 bits per heavy atom. The van der Waals surface area contributed by atoms with E-state index in [-0.39, 0.29) is 5.91 Å². The molecule has 0 aliphatic heterocycles. The fraction of sp³-hybridized carbons (Fsp3) is 0.200. The van der Waals surface area contributed by atoms with Gasteiger partial charge >= 0.3 is 0 Å². The zero-order valence-electron chi connectivity index (χ0n) is 14.8. The number of aryl methyl sites for hydroxylation is 1. The number of imidazole rings is 1. The molecule has 0 unspecified atom stereocenters. The van der Waals surface area contributed by atoms with Gasteiger partial charge in [0, 0.05) is 23.6 Å². The summed E-state index contributed by atoms with van der Waals surface area (Å²) in [6.45, 7) is 2.91. The third kappa shape index (κ3) is 4.46. The molecule has 1 amide bonds. The summed E-state index contributed by atoms with van der Waals surface area (Å²) >= 11 is 1.58. The van der Waals surface area contributed by atoms with Crippen molar-refractivity contribution in [1.29, 1.82) is 0 Å². The number of nitrogens with one attached hydrogen (secondary N) is 1. The Balaban J connectivity index is 1.51. The van der Waals surface area contributed by atoms with Gasteiger partial charge in [-0.1, -0.05) is 29.5 Å². The molecule has 1 heterocycles. The van der Waals surface area contributed by atoms with Crippen molar-refractivity contribution in [3.05, 3.63) is 72.1 Å². The lowest BCUT2D eigenvalue weighted by molar-refractivity contribution is 0.0947. The fourth-order valence-electron chi connectivity index (χ4n) is 2.48. The van der Waals surface area contributed by atoms with E-state index in [0.29, 0.717) is 18.7 Å². The van der Waals surface area contributed by atoms with Crippen molar-refractivity contribution >= 4 is 17.7 Å². The first-order valence-electron chi connectivity index (χ1n) is 8.33. The summed E-state index contributed by atoms with van der Waals surface area (Å²) in [4.78, 5) is 16.5. The minimum atomic E-state index is -0.111. The van der Waals surface area contributed by atoms with Crippen molar-refractivity contribution in [2.45, 2.75) is 12.1 Å². The molecule has 0 spiro atoms. The van der Waals surface area contributed by atoms with Crippen molar-refractivity contribution in [3.8, 4) is 11.4 Å². The van der Waals surface area contributed by atoms with Crippen LogP contribution in [-0.4, -0.2) is 34.9 Å². The van der Waals surface area contributed by atoms with Gasteiger partial charge in [-0.2, -0.15) is 0 Å². The predicted octanol–water partition coefficient (Wildman–Crippen LogP) is 3.71. The third-order valence-electron chi connectivity index (χ3n) is 3.87. The molecule has 6 heteroatoms. The van der Waals surface area contributed by atoms with E-state index in [2.05, 4.69) is 10.3 Å². The molecule has 3 aromatic rings. The Morgan fingerprint density at radius 1 is 1.15 bits per heavy atom. The lowest BCUT2D eigenvalue weighted by Gasteiger charge is -2.09. The summed E-state index contributed by atoms with van der Waals surface area (Å²) in [6, 6.07) is 15.3. The highest BCUT2D eigenvalue weighted by Crippen LogP contribution is 2.18. The number of aromatic nitrogens is 2. The van der Waals surface area contributed by atoms with Crippen molar-refractivity contribution in [1.82, 2.24) is 14.9 Å². The highest BCUT2D eigenvalue weighted by molar-refractivity contribution is 7.98. The van der Waals surface area contributed by atoms with Crippen LogP contribution < -0.4 is 10.1 Å². The summed E-state index contributed by atoms with van der Waals surface area (Å²) in [5.41, 5.74) is 2.79. The standard InChI is InChI=1S/C20H21N3O2S/c1-15-3-9-18(10-4-15)25-14-12-21-19(24)16-5-7-17(8-6-16)23-13-11-22-20(23)26-2/h3-11,13H,12,14H2,1-2H3,(H,21,24). The average molecular weight is 367 g/mol. The number of benzene rings is 2. The molecule has 0 saturated heterocycles. The molecule has 5 nitrogen and oxygen atoms in total. The second kappa shape index (κ2) is 8.58. The molecule has 1 N–H and O–H groups in total. The van der Waals surface area contributed by atoms with Crippen molar-refractivity contribution in [3.63, 3.8) is 0 Å². The highest BCUT2D eigenvalue weighted by atomic mass is 32.2. The lowest BCUT2D eigenvalue weighted by atomic mass is 10.2. The fourth-order valence-corrected chi connectivity index (χ4v) is 3.01. The number of hydrogen-bond donors (Lipinski definition) is 1. The maximum absolute atomic E-state index is 12.2. The minimum Gasteiger partial charge on any atom is -0.492 e. The normalized spacial score (nSPS) is 10.5. The molecule has 1 aromatic heterocycles. The average Bonchev–Trinajstić information content (AvgIpc) is 3.15. The van der Waals surface area contributed by atoms with Crippen LogP contribution in [0, 0.1) is 6.92 Å². The molecule has 2 aromatic carbocycles. The van der Waals surface area contributed by atoms with E-state index in [1.54, 1.807) is 18.0 Å². The van der Waals surface area contributed by atoms with Gasteiger partial charge in [-0.3, -0.25) is 9.36 Å². The molecule has 0 atom stereocenters. The zero-order valence-corrected chi connectivity index (χ0v) is 15.6. The van der Waals surface area contributed by atoms with Gasteiger partial charge in [0.05, 0.1) is 6.54 Å². The van der Waals surface area contributed by atoms with Crippen LogP contribution in [0.2, 0.25) is 0 Å². The SMILES string of the molecule is CSc1nccn1-c1ccc(C(=O)NCCOc2ccc(C)cc2)cc1. The van der Waals surface area contributed by atoms with Crippen LogP contribution in [-0.2, 0) is 0 Å². The second-order valence-corrected chi connectivity index (χ2v) is 6.52. The molecular weight excluding hydrogens is 346 g/mol. The van der Waals surface area contributed by atoms with E-state index in [0.717, 1.165) is 16.6 Å². The van der Waals surface area contributed by atoms with E-state index in [4.69, 9.17) is 4.74 Å². The number of hydrogen-bond acceptors (Lipinski definition) is 4. The number of nitrogens with zero attached hydrogens (tertiary/aromatic N) is 2. The lowest BCUT2D eigenvalue weighted by Crippen LogP contribution is -2.28. The monoisotopic (exact) mass is 367 g/mol. The van der Waals surface area contributed by atoms with Crippen LogP contribution in [0.25, 0.3) is 5.69 Å². The van der Waals surface area contributed by atoms with Gasteiger partial charge in [-0.15, -0.1) is 0 Å². The van der Waals surface area contributed by atoms with Crippen LogP contribution in [0.4, 0.5) is 0 Å². The molecule has 0 radical (unpaired) electrons. The Kier molecular flexibility index (Phi) is 5.96. The number of thioether (sulfide) groups is 1. The van der Waals surface area contributed by atoms with Gasteiger partial charge in [0.2, 0.25) is 0 Å². The van der Waals surface area contributed by atoms with Crippen LogP contribution >= 0.6 is 11.8 Å². The number of ether oxygens (including phenoxy) is 1. The first-order valence-corrected chi connectivity index (χ1v) is 9.55. The minimum absolute atomic E-state index is 0.111. The molecule has 0 saturated carbocycles. The summed E-state index contributed by atoms with van der Waals surface area (Å²) in [5.74, 6) is 0.693. The molecular formula is C20H21N3O2S. The summed E-state index contributed by atoms with van der Waals surface area (Å²) in [6.07, 6.45) is 5.66. The Hall–Kier alpha value is -2.73.